The van der Waals surface area contributed by atoms with Gasteiger partial charge in [0.25, 0.3) is 0 Å². The molecule has 0 unspecified atom stereocenters. The van der Waals surface area contributed by atoms with E-state index < -0.39 is 0 Å². The molecule has 0 aliphatic carbocycles. The lowest BCUT2D eigenvalue weighted by Gasteiger charge is -2.37. The Labute approximate surface area is 133 Å². The molecule has 1 saturated heterocycles. The summed E-state index contributed by atoms with van der Waals surface area (Å²) in [5, 5.41) is 11.7. The van der Waals surface area contributed by atoms with Gasteiger partial charge < -0.3 is 14.8 Å². The van der Waals surface area contributed by atoms with Crippen LogP contribution in [0.2, 0.25) is 0 Å². The van der Waals surface area contributed by atoms with E-state index in [0.717, 1.165) is 49.7 Å². The zero-order valence-electron chi connectivity index (χ0n) is 14.5. The number of hydrogen-bond acceptors (Lipinski definition) is 4. The summed E-state index contributed by atoms with van der Waals surface area (Å²) in [6.07, 6.45) is 0. The summed E-state index contributed by atoms with van der Waals surface area (Å²) in [6.45, 7) is 12.6. The third-order valence-corrected chi connectivity index (χ3v) is 4.09. The van der Waals surface area contributed by atoms with Gasteiger partial charge in [-0.1, -0.05) is 13.8 Å². The van der Waals surface area contributed by atoms with Crippen LogP contribution >= 0.6 is 0 Å². The molecule has 1 aliphatic rings. The number of piperazine rings is 1. The predicted molar refractivity (Wildman–Crippen MR) is 88.8 cm³/mol. The lowest BCUT2D eigenvalue weighted by molar-refractivity contribution is 0.164. The van der Waals surface area contributed by atoms with Crippen LogP contribution in [0.15, 0.2) is 4.99 Å². The standard InChI is InChI=1S/C15H29N7/c1-12(2)11-21-6-8-22(9-7-21)15(16-4)17-10-14-19-18-13(3)20(14)5/h12H,6-11H2,1-5H3,(H,16,17). The molecule has 7 nitrogen and oxygen atoms in total. The Balaban J connectivity index is 1.84. The number of nitrogens with one attached hydrogen (secondary N) is 1. The number of nitrogens with zero attached hydrogens (tertiary/aromatic N) is 6. The maximum absolute atomic E-state index is 4.40. The number of hydrogen-bond donors (Lipinski definition) is 1. The Hall–Kier alpha value is -1.63. The summed E-state index contributed by atoms with van der Waals surface area (Å²) < 4.78 is 2.00. The van der Waals surface area contributed by atoms with E-state index in [1.54, 1.807) is 0 Å². The highest BCUT2D eigenvalue weighted by atomic mass is 15.4. The first-order valence-electron chi connectivity index (χ1n) is 8.04. The van der Waals surface area contributed by atoms with Crippen molar-refractivity contribution in [3.63, 3.8) is 0 Å². The first-order chi connectivity index (χ1) is 10.5. The molecule has 1 aromatic heterocycles. The fourth-order valence-electron chi connectivity index (χ4n) is 2.75. The minimum Gasteiger partial charge on any atom is -0.349 e. The minimum absolute atomic E-state index is 0.649. The van der Waals surface area contributed by atoms with E-state index >= 15 is 0 Å². The Morgan fingerprint density at radius 3 is 2.41 bits per heavy atom. The Bertz CT molecular complexity index is 498. The van der Waals surface area contributed by atoms with Crippen molar-refractivity contribution < 1.29 is 0 Å². The Morgan fingerprint density at radius 2 is 1.91 bits per heavy atom. The van der Waals surface area contributed by atoms with Gasteiger partial charge in [0, 0.05) is 46.8 Å². The average Bonchev–Trinajstić information content (AvgIpc) is 2.81. The van der Waals surface area contributed by atoms with E-state index in [0.29, 0.717) is 6.54 Å². The molecule has 1 aromatic rings. The summed E-state index contributed by atoms with van der Waals surface area (Å²) in [4.78, 5) is 9.25. The smallest absolute Gasteiger partial charge is 0.194 e. The van der Waals surface area contributed by atoms with Crippen LogP contribution in [-0.2, 0) is 13.6 Å². The van der Waals surface area contributed by atoms with Crippen LogP contribution in [0.1, 0.15) is 25.5 Å². The number of guanidine groups is 1. The summed E-state index contributed by atoms with van der Waals surface area (Å²) in [5.41, 5.74) is 0. The van der Waals surface area contributed by atoms with E-state index in [2.05, 4.69) is 44.2 Å². The normalized spacial score (nSPS) is 17.4. The summed E-state index contributed by atoms with van der Waals surface area (Å²) >= 11 is 0. The average molecular weight is 307 g/mol. The second kappa shape index (κ2) is 7.58. The molecule has 1 aliphatic heterocycles. The molecule has 1 N–H and O–H groups in total. The molecule has 0 atom stereocenters. The lowest BCUT2D eigenvalue weighted by Crippen LogP contribution is -2.52. The summed E-state index contributed by atoms with van der Waals surface area (Å²) in [6, 6.07) is 0. The van der Waals surface area contributed by atoms with Gasteiger partial charge in [0.05, 0.1) is 6.54 Å². The van der Waals surface area contributed by atoms with Crippen LogP contribution in [0.3, 0.4) is 0 Å². The molecule has 22 heavy (non-hydrogen) atoms. The second-order valence-electron chi connectivity index (χ2n) is 6.30. The van der Waals surface area contributed by atoms with Crippen molar-refractivity contribution in [2.75, 3.05) is 39.8 Å². The second-order valence-corrected chi connectivity index (χ2v) is 6.30. The third-order valence-electron chi connectivity index (χ3n) is 4.09. The van der Waals surface area contributed by atoms with Crippen LogP contribution in [0.4, 0.5) is 0 Å². The minimum atomic E-state index is 0.649. The highest BCUT2D eigenvalue weighted by molar-refractivity contribution is 5.79. The predicted octanol–water partition coefficient (Wildman–Crippen LogP) is 0.473. The molecule has 0 spiro atoms. The van der Waals surface area contributed by atoms with Crippen LogP contribution < -0.4 is 5.32 Å². The van der Waals surface area contributed by atoms with Gasteiger partial charge in [0.15, 0.2) is 11.8 Å². The first-order valence-corrected chi connectivity index (χ1v) is 8.04. The molecule has 2 heterocycles. The van der Waals surface area contributed by atoms with Crippen molar-refractivity contribution in [3.8, 4) is 0 Å². The highest BCUT2D eigenvalue weighted by Gasteiger charge is 2.20. The molecule has 124 valence electrons. The SMILES string of the molecule is CN=C(NCc1nnc(C)n1C)N1CCN(CC(C)C)CC1. The van der Waals surface area contributed by atoms with Crippen LogP contribution in [-0.4, -0.2) is 70.3 Å². The zero-order valence-corrected chi connectivity index (χ0v) is 14.5. The van der Waals surface area contributed by atoms with E-state index in [4.69, 9.17) is 0 Å². The molecular formula is C15H29N7. The molecule has 2 rings (SSSR count). The van der Waals surface area contributed by atoms with Crippen molar-refractivity contribution in [1.82, 2.24) is 29.9 Å². The van der Waals surface area contributed by atoms with Gasteiger partial charge in [-0.2, -0.15) is 0 Å². The molecule has 0 radical (unpaired) electrons. The molecule has 0 aromatic carbocycles. The van der Waals surface area contributed by atoms with Gasteiger partial charge in [-0.05, 0) is 12.8 Å². The zero-order chi connectivity index (χ0) is 16.1. The molecule has 0 bridgehead atoms. The van der Waals surface area contributed by atoms with Gasteiger partial charge in [-0.25, -0.2) is 0 Å². The fraction of sp³-hybridized carbons (Fsp3) is 0.800. The van der Waals surface area contributed by atoms with Crippen LogP contribution in [0.5, 0.6) is 0 Å². The van der Waals surface area contributed by atoms with Crippen molar-refractivity contribution in [3.05, 3.63) is 11.6 Å². The van der Waals surface area contributed by atoms with Crippen molar-refractivity contribution in [2.45, 2.75) is 27.3 Å². The topological polar surface area (TPSA) is 61.6 Å². The van der Waals surface area contributed by atoms with Crippen molar-refractivity contribution in [2.24, 2.45) is 18.0 Å². The summed E-state index contributed by atoms with van der Waals surface area (Å²) in [7, 11) is 3.82. The Kier molecular flexibility index (Phi) is 5.76. The molecule has 7 heteroatoms. The number of aliphatic imine (C=N–C) groups is 1. The summed E-state index contributed by atoms with van der Waals surface area (Å²) in [5.74, 6) is 3.53. The first kappa shape index (κ1) is 16.7. The van der Waals surface area contributed by atoms with E-state index in [1.807, 2.05) is 25.6 Å². The van der Waals surface area contributed by atoms with Crippen LogP contribution in [0, 0.1) is 12.8 Å². The van der Waals surface area contributed by atoms with Gasteiger partial charge in [-0.3, -0.25) is 9.89 Å². The van der Waals surface area contributed by atoms with Gasteiger partial charge in [0.2, 0.25) is 0 Å². The largest absolute Gasteiger partial charge is 0.349 e. The van der Waals surface area contributed by atoms with Gasteiger partial charge in [0.1, 0.15) is 5.82 Å². The molecule has 1 fully saturated rings. The van der Waals surface area contributed by atoms with Crippen molar-refractivity contribution in [1.29, 1.82) is 0 Å². The molecule has 0 saturated carbocycles. The number of rotatable bonds is 4. The monoisotopic (exact) mass is 307 g/mol. The van der Waals surface area contributed by atoms with Crippen molar-refractivity contribution >= 4 is 5.96 Å². The number of aryl methyl sites for hydroxylation is 1. The highest BCUT2D eigenvalue weighted by Crippen LogP contribution is 2.06. The Morgan fingerprint density at radius 1 is 1.23 bits per heavy atom. The van der Waals surface area contributed by atoms with E-state index in [1.165, 1.54) is 6.54 Å². The molecule has 0 amide bonds. The maximum atomic E-state index is 4.40. The fourth-order valence-corrected chi connectivity index (χ4v) is 2.75. The third kappa shape index (κ3) is 4.19. The van der Waals surface area contributed by atoms with Crippen LogP contribution in [0.25, 0.3) is 0 Å². The lowest BCUT2D eigenvalue weighted by atomic mass is 10.2. The number of aromatic nitrogens is 3. The van der Waals surface area contributed by atoms with E-state index in [-0.39, 0.29) is 0 Å². The molecular weight excluding hydrogens is 278 g/mol. The van der Waals surface area contributed by atoms with E-state index in [9.17, 15) is 0 Å². The van der Waals surface area contributed by atoms with Gasteiger partial charge in [-0.15, -0.1) is 10.2 Å². The maximum Gasteiger partial charge on any atom is 0.194 e. The quantitative estimate of drug-likeness (QED) is 0.647. The van der Waals surface area contributed by atoms with Gasteiger partial charge >= 0.3 is 0 Å².